The van der Waals surface area contributed by atoms with Crippen LogP contribution >= 0.6 is 11.6 Å². The maximum atomic E-state index is 14.2. The second-order valence-electron chi connectivity index (χ2n) is 11.6. The van der Waals surface area contributed by atoms with E-state index in [0.29, 0.717) is 23.6 Å². The van der Waals surface area contributed by atoms with Crippen LogP contribution in [0.15, 0.2) is 59.1 Å². The highest BCUT2D eigenvalue weighted by molar-refractivity contribution is 6.47. The van der Waals surface area contributed by atoms with E-state index in [-0.39, 0.29) is 41.3 Å². The molecule has 1 aliphatic heterocycles. The normalized spacial score (nSPS) is 22.6. The lowest BCUT2D eigenvalue weighted by Gasteiger charge is -2.48. The first-order chi connectivity index (χ1) is 19.5. The SMILES string of the molecule is C\C=C/C(=C\C=C\C(=O)NCCC=O)C(CC)N1C(=O)C(c2ccc(F)c(Cl)c2)=NC12CCC(C(C)(C)CC)CC2. The average molecular weight is 584 g/mol. The van der Waals surface area contributed by atoms with E-state index in [4.69, 9.17) is 16.6 Å². The zero-order valence-electron chi connectivity index (χ0n) is 24.9. The number of nitrogens with zero attached hydrogens (tertiary/aromatic N) is 2. The second-order valence-corrected chi connectivity index (χ2v) is 12.0. The van der Waals surface area contributed by atoms with Gasteiger partial charge in [-0.25, -0.2) is 4.39 Å². The number of benzene rings is 1. The first-order valence-electron chi connectivity index (χ1n) is 14.6. The number of aldehydes is 1. The zero-order valence-corrected chi connectivity index (χ0v) is 25.6. The highest BCUT2D eigenvalue weighted by atomic mass is 35.5. The first-order valence-corrected chi connectivity index (χ1v) is 15.0. The molecular weight excluding hydrogens is 541 g/mol. The summed E-state index contributed by atoms with van der Waals surface area (Å²) < 4.78 is 14.0. The van der Waals surface area contributed by atoms with Crippen molar-refractivity contribution >= 4 is 35.4 Å². The number of hydrogen-bond donors (Lipinski definition) is 1. The van der Waals surface area contributed by atoms with Gasteiger partial charge in [-0.2, -0.15) is 0 Å². The molecule has 0 aromatic heterocycles. The Kier molecular flexibility index (Phi) is 11.3. The van der Waals surface area contributed by atoms with Gasteiger partial charge < -0.3 is 15.0 Å². The van der Waals surface area contributed by atoms with Crippen molar-refractivity contribution in [2.24, 2.45) is 16.3 Å². The third kappa shape index (κ3) is 7.42. The Morgan fingerprint density at radius 1 is 1.27 bits per heavy atom. The Hall–Kier alpha value is -3.06. The minimum atomic E-state index is -0.717. The number of amides is 2. The topological polar surface area (TPSA) is 78.8 Å². The van der Waals surface area contributed by atoms with Crippen LogP contribution in [-0.4, -0.2) is 47.0 Å². The van der Waals surface area contributed by atoms with Gasteiger partial charge in [0.25, 0.3) is 5.91 Å². The first kappa shape index (κ1) is 32.5. The molecule has 1 spiro atoms. The van der Waals surface area contributed by atoms with E-state index in [0.717, 1.165) is 44.0 Å². The number of rotatable bonds is 12. The molecule has 1 unspecified atom stereocenters. The van der Waals surface area contributed by atoms with Crippen LogP contribution in [0.4, 0.5) is 4.39 Å². The number of aliphatic imine (C=N–C) groups is 1. The summed E-state index contributed by atoms with van der Waals surface area (Å²) in [6.45, 7) is 11.1. The molecule has 0 bridgehead atoms. The molecule has 1 saturated carbocycles. The number of carbonyl (C=O) groups excluding carboxylic acids is 3. The quantitative estimate of drug-likeness (QED) is 0.125. The molecule has 41 heavy (non-hydrogen) atoms. The highest BCUT2D eigenvalue weighted by Crippen LogP contribution is 2.49. The standard InChI is InChI=1S/C33H43ClFN3O3/c1-6-11-23(12-9-13-29(40)36-20-10-21-39)28(7-2)38-31(41)30(24-14-15-27(35)26(34)22-24)37-33(38)18-16-25(17-19-33)32(4,5)8-3/h6,9,11-15,21-22,25,28H,7-8,10,16-20H2,1-5H3,(H,36,40)/b11-6-,13-9+,23-12+. The van der Waals surface area contributed by atoms with E-state index in [1.165, 1.54) is 18.2 Å². The van der Waals surface area contributed by atoms with Gasteiger partial charge in [0.05, 0.1) is 11.1 Å². The fourth-order valence-electron chi connectivity index (χ4n) is 5.98. The van der Waals surface area contributed by atoms with Gasteiger partial charge in [-0.3, -0.25) is 14.6 Å². The van der Waals surface area contributed by atoms with Gasteiger partial charge in [-0.15, -0.1) is 0 Å². The van der Waals surface area contributed by atoms with Crippen molar-refractivity contribution in [3.05, 3.63) is 70.6 Å². The summed E-state index contributed by atoms with van der Waals surface area (Å²) in [5.41, 5.74) is 1.18. The summed E-state index contributed by atoms with van der Waals surface area (Å²) >= 11 is 6.11. The lowest BCUT2D eigenvalue weighted by atomic mass is 9.67. The van der Waals surface area contributed by atoms with Crippen LogP contribution in [0.1, 0.15) is 85.1 Å². The van der Waals surface area contributed by atoms with Crippen molar-refractivity contribution in [3.63, 3.8) is 0 Å². The maximum absolute atomic E-state index is 14.2. The number of nitrogens with one attached hydrogen (secondary N) is 1. The zero-order chi connectivity index (χ0) is 30.2. The van der Waals surface area contributed by atoms with Crippen LogP contribution in [0.5, 0.6) is 0 Å². The van der Waals surface area contributed by atoms with Crippen molar-refractivity contribution in [2.75, 3.05) is 6.54 Å². The van der Waals surface area contributed by atoms with Crippen molar-refractivity contribution in [1.82, 2.24) is 10.2 Å². The van der Waals surface area contributed by atoms with Gasteiger partial charge in [0.1, 0.15) is 23.5 Å². The number of allylic oxidation sites excluding steroid dienone is 3. The van der Waals surface area contributed by atoms with Crippen molar-refractivity contribution in [3.8, 4) is 0 Å². The van der Waals surface area contributed by atoms with E-state index >= 15 is 0 Å². The Labute approximate surface area is 248 Å². The second kappa shape index (κ2) is 14.2. The summed E-state index contributed by atoms with van der Waals surface area (Å²) in [6, 6.07) is 4.02. The molecule has 222 valence electrons. The van der Waals surface area contributed by atoms with E-state index in [1.54, 1.807) is 12.1 Å². The molecule has 1 aliphatic carbocycles. The number of carbonyl (C=O) groups is 3. The molecule has 0 radical (unpaired) electrons. The van der Waals surface area contributed by atoms with Crippen molar-refractivity contribution in [2.45, 2.75) is 91.3 Å². The van der Waals surface area contributed by atoms with Gasteiger partial charge >= 0.3 is 0 Å². The van der Waals surface area contributed by atoms with E-state index < -0.39 is 11.5 Å². The number of halogens is 2. The van der Waals surface area contributed by atoms with Crippen LogP contribution in [0.3, 0.4) is 0 Å². The molecule has 2 aliphatic rings. The Balaban J connectivity index is 2.02. The highest BCUT2D eigenvalue weighted by Gasteiger charge is 2.52. The smallest absolute Gasteiger partial charge is 0.275 e. The van der Waals surface area contributed by atoms with Gasteiger partial charge in [-0.1, -0.05) is 70.0 Å². The Bertz CT molecular complexity index is 1240. The lowest BCUT2D eigenvalue weighted by molar-refractivity contribution is -0.132. The molecule has 1 fully saturated rings. The molecule has 2 amide bonds. The summed E-state index contributed by atoms with van der Waals surface area (Å²) in [4.78, 5) is 44.0. The molecular formula is C33H43ClFN3O3. The molecule has 6 nitrogen and oxygen atoms in total. The third-order valence-corrected chi connectivity index (χ3v) is 9.02. The van der Waals surface area contributed by atoms with E-state index in [2.05, 4.69) is 26.1 Å². The summed E-state index contributed by atoms with van der Waals surface area (Å²) in [6.07, 6.45) is 14.9. The largest absolute Gasteiger partial charge is 0.352 e. The van der Waals surface area contributed by atoms with Gasteiger partial charge in [0, 0.05) is 24.6 Å². The molecule has 1 aromatic carbocycles. The predicted molar refractivity (Wildman–Crippen MR) is 163 cm³/mol. The Morgan fingerprint density at radius 3 is 2.56 bits per heavy atom. The van der Waals surface area contributed by atoms with Crippen LogP contribution in [0.2, 0.25) is 5.02 Å². The van der Waals surface area contributed by atoms with Gasteiger partial charge in [0.2, 0.25) is 5.91 Å². The minimum absolute atomic E-state index is 0.0444. The average Bonchev–Trinajstić information content (AvgIpc) is 3.22. The molecule has 1 heterocycles. The fourth-order valence-corrected chi connectivity index (χ4v) is 6.16. The van der Waals surface area contributed by atoms with Crippen molar-refractivity contribution < 1.29 is 18.8 Å². The molecule has 1 atom stereocenters. The predicted octanol–water partition coefficient (Wildman–Crippen LogP) is 6.98. The lowest BCUT2D eigenvalue weighted by Crippen LogP contribution is -2.55. The van der Waals surface area contributed by atoms with Crippen LogP contribution in [0.25, 0.3) is 0 Å². The van der Waals surface area contributed by atoms with Gasteiger partial charge in [0.15, 0.2) is 0 Å². The summed E-state index contributed by atoms with van der Waals surface area (Å²) in [7, 11) is 0. The molecule has 1 N–H and O–H groups in total. The summed E-state index contributed by atoms with van der Waals surface area (Å²) in [5, 5.41) is 2.63. The van der Waals surface area contributed by atoms with Gasteiger partial charge in [-0.05, 0) is 74.1 Å². The summed E-state index contributed by atoms with van der Waals surface area (Å²) in [5.74, 6) is -0.498. The van der Waals surface area contributed by atoms with E-state index in [1.807, 2.05) is 37.0 Å². The maximum Gasteiger partial charge on any atom is 0.275 e. The fraction of sp³-hybridized carbons (Fsp3) is 0.515. The molecule has 1 aromatic rings. The molecule has 0 saturated heterocycles. The van der Waals surface area contributed by atoms with Crippen LogP contribution in [-0.2, 0) is 14.4 Å². The molecule has 8 heteroatoms. The van der Waals surface area contributed by atoms with Crippen LogP contribution < -0.4 is 5.32 Å². The molecule has 3 rings (SSSR count). The Morgan fingerprint density at radius 2 is 1.98 bits per heavy atom. The monoisotopic (exact) mass is 583 g/mol. The number of hydrogen-bond acceptors (Lipinski definition) is 4. The minimum Gasteiger partial charge on any atom is -0.352 e. The third-order valence-electron chi connectivity index (χ3n) is 8.73. The van der Waals surface area contributed by atoms with E-state index in [9.17, 15) is 18.8 Å². The van der Waals surface area contributed by atoms with Crippen LogP contribution in [0, 0.1) is 17.2 Å². The van der Waals surface area contributed by atoms with Crippen molar-refractivity contribution in [1.29, 1.82) is 0 Å².